The van der Waals surface area contributed by atoms with E-state index in [1.54, 1.807) is 0 Å². The number of rotatable bonds is 2. The van der Waals surface area contributed by atoms with Crippen molar-refractivity contribution in [3.05, 3.63) is 29.8 Å². The Morgan fingerprint density at radius 2 is 2.11 bits per heavy atom. The van der Waals surface area contributed by atoms with Crippen LogP contribution in [0.1, 0.15) is 18.9 Å². The van der Waals surface area contributed by atoms with Gasteiger partial charge in [0.1, 0.15) is 6.04 Å². The van der Waals surface area contributed by atoms with Crippen molar-refractivity contribution in [2.45, 2.75) is 31.6 Å². The number of carbonyl (C=O) groups is 1. The molecule has 104 valence electrons. The molecular formula is C12H14F3N3O. The van der Waals surface area contributed by atoms with E-state index in [-0.39, 0.29) is 17.6 Å². The molecule has 1 aromatic carbocycles. The van der Waals surface area contributed by atoms with E-state index in [1.807, 2.05) is 6.92 Å². The molecule has 2 atom stereocenters. The van der Waals surface area contributed by atoms with Crippen LogP contribution in [0.15, 0.2) is 24.3 Å². The van der Waals surface area contributed by atoms with Crippen LogP contribution in [0, 0.1) is 0 Å². The van der Waals surface area contributed by atoms with Crippen LogP contribution in [0.25, 0.3) is 0 Å². The predicted octanol–water partition coefficient (Wildman–Crippen LogP) is 1.90. The maximum Gasteiger partial charge on any atom is 0.416 e. The first-order chi connectivity index (χ1) is 8.86. The number of carbonyl (C=O) groups excluding carboxylic acids is 1. The van der Waals surface area contributed by atoms with Gasteiger partial charge < -0.3 is 5.32 Å². The standard InChI is InChI=1S/C12H14F3N3O/c1-7-5-10(18-17-7)11(19)16-9-4-2-3-8(6-9)12(13,14)15/h2-4,6-7,10,17-18H,5H2,1H3,(H,16,19). The van der Waals surface area contributed by atoms with Gasteiger partial charge in [-0.15, -0.1) is 0 Å². The predicted molar refractivity (Wildman–Crippen MR) is 64.2 cm³/mol. The fourth-order valence-electron chi connectivity index (χ4n) is 1.89. The molecule has 2 unspecified atom stereocenters. The number of benzene rings is 1. The van der Waals surface area contributed by atoms with Gasteiger partial charge in [-0.2, -0.15) is 13.2 Å². The number of hydrogen-bond donors (Lipinski definition) is 3. The summed E-state index contributed by atoms with van der Waals surface area (Å²) in [7, 11) is 0. The lowest BCUT2D eigenvalue weighted by Crippen LogP contribution is -2.39. The molecule has 0 aliphatic carbocycles. The van der Waals surface area contributed by atoms with Crippen molar-refractivity contribution >= 4 is 11.6 Å². The number of anilines is 1. The topological polar surface area (TPSA) is 53.2 Å². The number of halogens is 3. The molecule has 1 saturated heterocycles. The van der Waals surface area contributed by atoms with Crippen LogP contribution < -0.4 is 16.2 Å². The summed E-state index contributed by atoms with van der Waals surface area (Å²) in [6.45, 7) is 1.91. The Morgan fingerprint density at radius 3 is 2.68 bits per heavy atom. The molecule has 2 rings (SSSR count). The molecule has 0 spiro atoms. The summed E-state index contributed by atoms with van der Waals surface area (Å²) in [5, 5.41) is 2.48. The van der Waals surface area contributed by atoms with E-state index in [2.05, 4.69) is 16.2 Å². The minimum Gasteiger partial charge on any atom is -0.325 e. The lowest BCUT2D eigenvalue weighted by atomic mass is 10.1. The van der Waals surface area contributed by atoms with Gasteiger partial charge in [-0.3, -0.25) is 10.2 Å². The number of nitrogens with one attached hydrogen (secondary N) is 3. The molecule has 0 saturated carbocycles. The van der Waals surface area contributed by atoms with Gasteiger partial charge in [-0.1, -0.05) is 6.07 Å². The zero-order valence-corrected chi connectivity index (χ0v) is 10.2. The maximum atomic E-state index is 12.5. The van der Waals surface area contributed by atoms with E-state index in [1.165, 1.54) is 12.1 Å². The number of hydrogen-bond acceptors (Lipinski definition) is 3. The van der Waals surface area contributed by atoms with Crippen LogP contribution in [0.5, 0.6) is 0 Å². The number of amides is 1. The molecule has 1 aliphatic heterocycles. The molecule has 19 heavy (non-hydrogen) atoms. The summed E-state index contributed by atoms with van der Waals surface area (Å²) in [5.41, 5.74) is 5.03. The van der Waals surface area contributed by atoms with Crippen molar-refractivity contribution in [3.8, 4) is 0 Å². The van der Waals surface area contributed by atoms with E-state index in [9.17, 15) is 18.0 Å². The van der Waals surface area contributed by atoms with E-state index in [0.717, 1.165) is 12.1 Å². The average Bonchev–Trinajstić information content (AvgIpc) is 2.75. The minimum absolute atomic E-state index is 0.140. The molecule has 3 N–H and O–H groups in total. The van der Waals surface area contributed by atoms with Gasteiger partial charge in [0.05, 0.1) is 5.56 Å². The molecule has 4 nitrogen and oxygen atoms in total. The fourth-order valence-corrected chi connectivity index (χ4v) is 1.89. The van der Waals surface area contributed by atoms with Crippen molar-refractivity contribution in [1.82, 2.24) is 10.9 Å². The van der Waals surface area contributed by atoms with Crippen LogP contribution in [-0.4, -0.2) is 18.0 Å². The molecule has 1 aliphatic rings. The summed E-state index contributed by atoms with van der Waals surface area (Å²) >= 11 is 0. The Kier molecular flexibility index (Phi) is 3.77. The molecule has 1 heterocycles. The first-order valence-corrected chi connectivity index (χ1v) is 5.85. The van der Waals surface area contributed by atoms with Crippen LogP contribution >= 0.6 is 0 Å². The summed E-state index contributed by atoms with van der Waals surface area (Å²) in [6.07, 6.45) is -3.83. The highest BCUT2D eigenvalue weighted by Crippen LogP contribution is 2.30. The highest BCUT2D eigenvalue weighted by atomic mass is 19.4. The van der Waals surface area contributed by atoms with Crippen molar-refractivity contribution < 1.29 is 18.0 Å². The van der Waals surface area contributed by atoms with Gasteiger partial charge in [0.2, 0.25) is 5.91 Å². The van der Waals surface area contributed by atoms with Crippen molar-refractivity contribution in [2.75, 3.05) is 5.32 Å². The Balaban J connectivity index is 2.05. The largest absolute Gasteiger partial charge is 0.416 e. The average molecular weight is 273 g/mol. The molecule has 1 fully saturated rings. The fraction of sp³-hybridized carbons (Fsp3) is 0.417. The third-order valence-corrected chi connectivity index (χ3v) is 2.87. The zero-order chi connectivity index (χ0) is 14.0. The van der Waals surface area contributed by atoms with Crippen molar-refractivity contribution in [3.63, 3.8) is 0 Å². The first kappa shape index (κ1) is 13.8. The second kappa shape index (κ2) is 5.18. The Labute approximate surface area is 108 Å². The normalized spacial score (nSPS) is 23.4. The summed E-state index contributed by atoms with van der Waals surface area (Å²) in [4.78, 5) is 11.8. The minimum atomic E-state index is -4.41. The third kappa shape index (κ3) is 3.45. The molecule has 7 heteroatoms. The Hall–Kier alpha value is -1.60. The number of alkyl halides is 3. The highest BCUT2D eigenvalue weighted by Gasteiger charge is 2.31. The lowest BCUT2D eigenvalue weighted by molar-refractivity contribution is -0.137. The summed E-state index contributed by atoms with van der Waals surface area (Å²) in [6, 6.07) is 4.29. The lowest BCUT2D eigenvalue weighted by Gasteiger charge is -2.12. The molecule has 0 radical (unpaired) electrons. The molecule has 0 aromatic heterocycles. The molecular weight excluding hydrogens is 259 g/mol. The maximum absolute atomic E-state index is 12.5. The quantitative estimate of drug-likeness (QED) is 0.771. The smallest absolute Gasteiger partial charge is 0.325 e. The van der Waals surface area contributed by atoms with Gasteiger partial charge in [0.15, 0.2) is 0 Å². The van der Waals surface area contributed by atoms with E-state index in [0.29, 0.717) is 6.42 Å². The number of hydrazine groups is 1. The van der Waals surface area contributed by atoms with Crippen LogP contribution in [0.2, 0.25) is 0 Å². The molecule has 1 aromatic rings. The summed E-state index contributed by atoms with van der Waals surface area (Å²) < 4.78 is 37.6. The van der Waals surface area contributed by atoms with Crippen LogP contribution in [0.4, 0.5) is 18.9 Å². The second-order valence-corrected chi connectivity index (χ2v) is 4.55. The monoisotopic (exact) mass is 273 g/mol. The van der Waals surface area contributed by atoms with Gasteiger partial charge in [-0.05, 0) is 31.5 Å². The Bertz CT molecular complexity index is 476. The molecule has 1 amide bonds. The van der Waals surface area contributed by atoms with E-state index >= 15 is 0 Å². The van der Waals surface area contributed by atoms with Gasteiger partial charge in [0, 0.05) is 11.7 Å². The first-order valence-electron chi connectivity index (χ1n) is 5.85. The van der Waals surface area contributed by atoms with Gasteiger partial charge in [-0.25, -0.2) is 5.43 Å². The van der Waals surface area contributed by atoms with Crippen LogP contribution in [-0.2, 0) is 11.0 Å². The van der Waals surface area contributed by atoms with E-state index < -0.39 is 17.8 Å². The van der Waals surface area contributed by atoms with E-state index in [4.69, 9.17) is 0 Å². The molecule has 0 bridgehead atoms. The highest BCUT2D eigenvalue weighted by molar-refractivity contribution is 5.95. The second-order valence-electron chi connectivity index (χ2n) is 4.55. The third-order valence-electron chi connectivity index (χ3n) is 2.87. The zero-order valence-electron chi connectivity index (χ0n) is 10.2. The van der Waals surface area contributed by atoms with Crippen LogP contribution in [0.3, 0.4) is 0 Å². The van der Waals surface area contributed by atoms with Crippen molar-refractivity contribution in [2.24, 2.45) is 0 Å². The van der Waals surface area contributed by atoms with Crippen molar-refractivity contribution in [1.29, 1.82) is 0 Å². The summed E-state index contributed by atoms with van der Waals surface area (Å²) in [5.74, 6) is -0.351. The SMILES string of the molecule is CC1CC(C(=O)Nc2cccc(C(F)(F)F)c2)NN1. The van der Waals surface area contributed by atoms with Gasteiger partial charge >= 0.3 is 6.18 Å². The van der Waals surface area contributed by atoms with Gasteiger partial charge in [0.25, 0.3) is 0 Å². The Morgan fingerprint density at radius 1 is 1.37 bits per heavy atom.